The molecule has 1 N–H and O–H groups in total. The molecule has 1 heterocycles. The first-order valence-corrected chi connectivity index (χ1v) is 5.81. The number of hydrogen-bond donors (Lipinski definition) is 1. The third kappa shape index (κ3) is 2.49. The summed E-state index contributed by atoms with van der Waals surface area (Å²) < 4.78 is 0. The van der Waals surface area contributed by atoms with Crippen molar-refractivity contribution in [1.29, 1.82) is 0 Å². The Morgan fingerprint density at radius 3 is 2.61 bits per heavy atom. The van der Waals surface area contributed by atoms with Crippen molar-refractivity contribution in [3.63, 3.8) is 0 Å². The molecule has 0 amide bonds. The van der Waals surface area contributed by atoms with Gasteiger partial charge in [0.25, 0.3) is 0 Å². The number of rotatable bonds is 3. The van der Waals surface area contributed by atoms with Crippen LogP contribution in [0.2, 0.25) is 5.15 Å². The van der Waals surface area contributed by atoms with Gasteiger partial charge in [0.1, 0.15) is 16.8 Å². The smallest absolute Gasteiger partial charge is 0.156 e. The van der Waals surface area contributed by atoms with Crippen molar-refractivity contribution in [2.24, 2.45) is 0 Å². The molecule has 2 rings (SSSR count). The van der Waals surface area contributed by atoms with Gasteiger partial charge in [-0.15, -0.1) is 0 Å². The molecule has 0 fully saturated rings. The minimum absolute atomic E-state index is 0.161. The number of aryl methyl sites for hydroxylation is 2. The Hall–Kier alpha value is -1.94. The Kier molecular flexibility index (Phi) is 3.58. The van der Waals surface area contributed by atoms with Crippen molar-refractivity contribution in [3.8, 4) is 0 Å². The maximum absolute atomic E-state index is 11.0. The molecule has 0 saturated heterocycles. The Balaban J connectivity index is 2.46. The van der Waals surface area contributed by atoms with Crippen LogP contribution in [0.25, 0.3) is 0 Å². The van der Waals surface area contributed by atoms with Gasteiger partial charge in [0.05, 0.1) is 5.56 Å². The van der Waals surface area contributed by atoms with Crippen molar-refractivity contribution in [2.75, 3.05) is 5.32 Å². The van der Waals surface area contributed by atoms with Gasteiger partial charge < -0.3 is 5.32 Å². The van der Waals surface area contributed by atoms with E-state index in [9.17, 15) is 4.79 Å². The Labute approximate surface area is 110 Å². The first-order valence-electron chi connectivity index (χ1n) is 5.44. The lowest BCUT2D eigenvalue weighted by molar-refractivity contribution is 0.112. The highest BCUT2D eigenvalue weighted by molar-refractivity contribution is 6.32. The van der Waals surface area contributed by atoms with Gasteiger partial charge in [0.15, 0.2) is 6.29 Å². The fourth-order valence-electron chi connectivity index (χ4n) is 1.59. The van der Waals surface area contributed by atoms with E-state index in [2.05, 4.69) is 15.3 Å². The number of anilines is 2. The van der Waals surface area contributed by atoms with E-state index in [-0.39, 0.29) is 10.7 Å². The monoisotopic (exact) mass is 261 g/mol. The van der Waals surface area contributed by atoms with Crippen LogP contribution in [0.4, 0.5) is 11.5 Å². The summed E-state index contributed by atoms with van der Waals surface area (Å²) in [6.45, 7) is 3.70. The fourth-order valence-corrected chi connectivity index (χ4v) is 1.84. The van der Waals surface area contributed by atoms with E-state index in [1.165, 1.54) is 0 Å². The van der Waals surface area contributed by atoms with E-state index in [1.807, 2.05) is 31.2 Å². The highest BCUT2D eigenvalue weighted by atomic mass is 35.5. The van der Waals surface area contributed by atoms with Crippen LogP contribution >= 0.6 is 11.6 Å². The topological polar surface area (TPSA) is 54.9 Å². The summed E-state index contributed by atoms with van der Waals surface area (Å²) in [6.07, 6.45) is 0.655. The minimum Gasteiger partial charge on any atom is -0.339 e. The number of aromatic nitrogens is 2. The number of nitrogens with one attached hydrogen (secondary N) is 1. The van der Waals surface area contributed by atoms with Crippen LogP contribution in [-0.2, 0) is 0 Å². The number of para-hydroxylation sites is 1. The maximum Gasteiger partial charge on any atom is 0.156 e. The largest absolute Gasteiger partial charge is 0.339 e. The Bertz CT molecular complexity index is 599. The van der Waals surface area contributed by atoms with E-state index < -0.39 is 0 Å². The maximum atomic E-state index is 11.0. The fraction of sp³-hybridized carbons (Fsp3) is 0.154. The summed E-state index contributed by atoms with van der Waals surface area (Å²) in [5.74, 6) is 0.943. The minimum atomic E-state index is 0.161. The van der Waals surface area contributed by atoms with E-state index >= 15 is 0 Å². The van der Waals surface area contributed by atoms with Gasteiger partial charge in [-0.3, -0.25) is 4.79 Å². The summed E-state index contributed by atoms with van der Waals surface area (Å²) in [7, 11) is 0. The van der Waals surface area contributed by atoms with Crippen LogP contribution in [0.15, 0.2) is 24.3 Å². The van der Waals surface area contributed by atoms with Gasteiger partial charge in [0.2, 0.25) is 0 Å². The normalized spacial score (nSPS) is 10.2. The summed E-state index contributed by atoms with van der Waals surface area (Å²) in [5, 5.41) is 3.27. The molecule has 1 aromatic heterocycles. The van der Waals surface area contributed by atoms with Crippen molar-refractivity contribution in [3.05, 3.63) is 46.4 Å². The average Bonchev–Trinajstić information content (AvgIpc) is 2.31. The van der Waals surface area contributed by atoms with E-state index in [0.29, 0.717) is 17.9 Å². The molecule has 0 unspecified atom stereocenters. The molecular formula is C13H12ClN3O. The summed E-state index contributed by atoms with van der Waals surface area (Å²) >= 11 is 5.92. The first kappa shape index (κ1) is 12.5. The molecule has 0 radical (unpaired) electrons. The third-order valence-electron chi connectivity index (χ3n) is 2.53. The molecule has 0 aliphatic rings. The molecule has 0 saturated carbocycles. The van der Waals surface area contributed by atoms with Crippen LogP contribution in [-0.4, -0.2) is 16.3 Å². The van der Waals surface area contributed by atoms with Crippen LogP contribution in [0.3, 0.4) is 0 Å². The number of halogens is 1. The lowest BCUT2D eigenvalue weighted by Gasteiger charge is -2.11. The molecule has 1 aromatic carbocycles. The molecule has 0 atom stereocenters. The van der Waals surface area contributed by atoms with E-state index in [1.54, 1.807) is 6.92 Å². The van der Waals surface area contributed by atoms with Crippen LogP contribution in [0, 0.1) is 13.8 Å². The summed E-state index contributed by atoms with van der Waals surface area (Å²) in [4.78, 5) is 19.2. The van der Waals surface area contributed by atoms with Crippen LogP contribution in [0.1, 0.15) is 21.7 Å². The molecule has 0 spiro atoms. The number of benzene rings is 1. The average molecular weight is 262 g/mol. The van der Waals surface area contributed by atoms with Gasteiger partial charge in [0, 0.05) is 5.69 Å². The van der Waals surface area contributed by atoms with Crippen molar-refractivity contribution < 1.29 is 4.79 Å². The van der Waals surface area contributed by atoms with Crippen LogP contribution in [0.5, 0.6) is 0 Å². The zero-order chi connectivity index (χ0) is 13.1. The SMILES string of the molecule is Cc1nc(Cl)c(C=O)c(Nc2ccccc2C)n1. The number of aldehydes is 1. The lowest BCUT2D eigenvalue weighted by atomic mass is 10.2. The number of hydrogen-bond acceptors (Lipinski definition) is 4. The number of nitrogens with zero attached hydrogens (tertiary/aromatic N) is 2. The standard InChI is InChI=1S/C13H12ClN3O/c1-8-5-3-4-6-11(8)17-13-10(7-18)12(14)15-9(2)16-13/h3-7H,1-2H3,(H,15,16,17). The lowest BCUT2D eigenvalue weighted by Crippen LogP contribution is -2.04. The molecule has 0 aliphatic carbocycles. The van der Waals surface area contributed by atoms with Crippen molar-refractivity contribution >= 4 is 29.4 Å². The molecule has 2 aromatic rings. The molecule has 5 heteroatoms. The zero-order valence-corrected chi connectivity index (χ0v) is 10.8. The molecule has 0 aliphatic heterocycles. The highest BCUT2D eigenvalue weighted by Crippen LogP contribution is 2.24. The van der Waals surface area contributed by atoms with Crippen molar-refractivity contribution in [2.45, 2.75) is 13.8 Å². The molecule has 4 nitrogen and oxygen atoms in total. The summed E-state index contributed by atoms with van der Waals surface area (Å²) in [5.41, 5.74) is 2.21. The third-order valence-corrected chi connectivity index (χ3v) is 2.82. The number of carbonyl (C=O) groups excluding carboxylic acids is 1. The predicted octanol–water partition coefficient (Wildman–Crippen LogP) is 3.30. The predicted molar refractivity (Wildman–Crippen MR) is 71.6 cm³/mol. The first-order chi connectivity index (χ1) is 8.61. The zero-order valence-electron chi connectivity index (χ0n) is 10.1. The second-order valence-corrected chi connectivity index (χ2v) is 4.24. The summed E-state index contributed by atoms with van der Waals surface area (Å²) in [6, 6.07) is 7.73. The van der Waals surface area contributed by atoms with Gasteiger partial charge in [-0.25, -0.2) is 9.97 Å². The molecule has 18 heavy (non-hydrogen) atoms. The van der Waals surface area contributed by atoms with Gasteiger partial charge in [-0.05, 0) is 25.5 Å². The van der Waals surface area contributed by atoms with Crippen LogP contribution < -0.4 is 5.32 Å². The molecular weight excluding hydrogens is 250 g/mol. The second kappa shape index (κ2) is 5.14. The number of carbonyl (C=O) groups is 1. The van der Waals surface area contributed by atoms with Gasteiger partial charge in [-0.1, -0.05) is 29.8 Å². The molecule has 92 valence electrons. The van der Waals surface area contributed by atoms with Gasteiger partial charge in [-0.2, -0.15) is 0 Å². The molecule has 0 bridgehead atoms. The Morgan fingerprint density at radius 2 is 1.94 bits per heavy atom. The van der Waals surface area contributed by atoms with E-state index in [0.717, 1.165) is 11.3 Å². The van der Waals surface area contributed by atoms with E-state index in [4.69, 9.17) is 11.6 Å². The van der Waals surface area contributed by atoms with Crippen molar-refractivity contribution in [1.82, 2.24) is 9.97 Å². The quantitative estimate of drug-likeness (QED) is 0.680. The highest BCUT2D eigenvalue weighted by Gasteiger charge is 2.11. The Morgan fingerprint density at radius 1 is 1.22 bits per heavy atom. The van der Waals surface area contributed by atoms with Gasteiger partial charge >= 0.3 is 0 Å². The second-order valence-electron chi connectivity index (χ2n) is 3.88.